The number of benzene rings is 8. The molecule has 0 N–H and O–H groups in total. The lowest BCUT2D eigenvalue weighted by atomic mass is 9.91. The molecule has 0 atom stereocenters. The summed E-state index contributed by atoms with van der Waals surface area (Å²) in [4.78, 5) is 51.6. The van der Waals surface area contributed by atoms with Crippen molar-refractivity contribution in [3.8, 4) is 23.0 Å². The average molecular weight is 1090 g/mol. The van der Waals surface area contributed by atoms with E-state index in [1.807, 2.05) is 0 Å². The van der Waals surface area contributed by atoms with Gasteiger partial charge in [-0.15, -0.1) is 0 Å². The molecule has 1 aliphatic carbocycles. The maximum Gasteiger partial charge on any atom is 0.514 e. The first-order valence-corrected chi connectivity index (χ1v) is 26.8. The zero-order valence-corrected chi connectivity index (χ0v) is 43.3. The van der Waals surface area contributed by atoms with E-state index in [-0.39, 0.29) is 90.5 Å². The monoisotopic (exact) mass is 1090 g/mol. The largest absolute Gasteiger partial charge is 0.514 e. The number of fused-ring (bicyclic) bond motifs is 8. The lowest BCUT2D eigenvalue weighted by Gasteiger charge is -2.22. The van der Waals surface area contributed by atoms with Crippen LogP contribution in [0.4, 0.5) is 21.0 Å². The predicted octanol–water partition coefficient (Wildman–Crippen LogP) is 11.8. The molecule has 0 heterocycles. The number of hydrogen-bond acceptors (Lipinski definition) is 16. The molecule has 0 aromatic heterocycles. The molecule has 8 aromatic carbocycles. The van der Waals surface area contributed by atoms with Crippen LogP contribution in [0.25, 0.3) is 0 Å². The number of nitro benzene ring substituents is 2. The molecule has 0 fully saturated rings. The minimum Gasteiger partial charge on any atom is -0.429 e. The molecule has 78 heavy (non-hydrogen) atoms. The number of hydrogen-bond donors (Lipinski definition) is 0. The van der Waals surface area contributed by atoms with Crippen molar-refractivity contribution in [1.29, 1.82) is 0 Å². The fraction of sp³-hybridized carbons (Fsp3) is 0.138. The van der Waals surface area contributed by atoms with Crippen LogP contribution in [-0.2, 0) is 68.6 Å². The second kappa shape index (κ2) is 22.8. The molecule has 0 radical (unpaired) electrons. The van der Waals surface area contributed by atoms with Crippen LogP contribution in [0.2, 0.25) is 0 Å². The smallest absolute Gasteiger partial charge is 0.429 e. The quantitative estimate of drug-likeness (QED) is 0.0323. The van der Waals surface area contributed by atoms with Crippen molar-refractivity contribution in [2.75, 3.05) is 0 Å². The van der Waals surface area contributed by atoms with E-state index in [1.54, 1.807) is 98.8 Å². The van der Waals surface area contributed by atoms with Crippen molar-refractivity contribution in [3.05, 3.63) is 257 Å². The van der Waals surface area contributed by atoms with Gasteiger partial charge < -0.3 is 27.3 Å². The number of ether oxygens (including phenoxy) is 4. The van der Waals surface area contributed by atoms with Crippen LogP contribution in [-0.4, -0.2) is 39.0 Å². The highest BCUT2D eigenvalue weighted by Crippen LogP contribution is 2.43. The summed E-state index contributed by atoms with van der Waals surface area (Å²) in [5.74, 6) is -1.15. The summed E-state index contributed by atoms with van der Waals surface area (Å²) in [5.41, 5.74) is 1.77. The minimum atomic E-state index is -4.72. The molecule has 0 saturated carbocycles. The third-order valence-electron chi connectivity index (χ3n) is 12.5. The van der Waals surface area contributed by atoms with Crippen LogP contribution < -0.4 is 17.8 Å². The highest BCUT2D eigenvalue weighted by Gasteiger charge is 2.31. The Morgan fingerprint density at radius 3 is 1.03 bits per heavy atom. The number of para-hydroxylation sites is 2. The molecule has 8 aromatic rings. The molecule has 8 bridgehead atoms. The molecule has 0 spiro atoms. The predicted molar refractivity (Wildman–Crippen MR) is 283 cm³/mol. The molecule has 0 saturated heterocycles. The van der Waals surface area contributed by atoms with Gasteiger partial charge >= 0.3 is 32.5 Å². The van der Waals surface area contributed by atoms with Gasteiger partial charge in [-0.25, -0.2) is 9.59 Å². The molecule has 0 aliphatic heterocycles. The van der Waals surface area contributed by atoms with Crippen molar-refractivity contribution >= 4 is 43.9 Å². The van der Waals surface area contributed by atoms with E-state index in [4.69, 9.17) is 27.3 Å². The van der Waals surface area contributed by atoms with Crippen LogP contribution in [0, 0.1) is 34.1 Å². The van der Waals surface area contributed by atoms with Gasteiger partial charge in [0.1, 0.15) is 34.5 Å². The number of aryl methyl sites for hydroxylation is 2. The van der Waals surface area contributed by atoms with Gasteiger partial charge in [0.2, 0.25) is 0 Å². The Bertz CT molecular complexity index is 3490. The van der Waals surface area contributed by atoms with E-state index in [2.05, 4.69) is 0 Å². The van der Waals surface area contributed by atoms with Crippen LogP contribution in [0.1, 0.15) is 66.8 Å². The van der Waals surface area contributed by atoms with Gasteiger partial charge in [0.25, 0.3) is 11.4 Å². The van der Waals surface area contributed by atoms with Crippen LogP contribution >= 0.6 is 0 Å². The lowest BCUT2D eigenvalue weighted by Crippen LogP contribution is -2.17. The van der Waals surface area contributed by atoms with Crippen molar-refractivity contribution in [2.24, 2.45) is 0 Å². The van der Waals surface area contributed by atoms with Gasteiger partial charge in [-0.2, -0.15) is 16.8 Å². The number of nitro groups is 2. The summed E-state index contributed by atoms with van der Waals surface area (Å²) in [6.45, 7) is 3.05. The number of non-ortho nitro benzene ring substituents is 2. The van der Waals surface area contributed by atoms with Crippen molar-refractivity contribution < 1.29 is 63.6 Å². The fourth-order valence-electron chi connectivity index (χ4n) is 8.72. The minimum absolute atomic E-state index is 0.0895. The number of carbonyl (C=O) groups excluding carboxylic acids is 2. The van der Waals surface area contributed by atoms with Crippen molar-refractivity contribution in [1.82, 2.24) is 0 Å². The number of rotatable bonds is 14. The van der Waals surface area contributed by atoms with Crippen LogP contribution in [0.15, 0.2) is 180 Å². The summed E-state index contributed by atoms with van der Waals surface area (Å²) < 4.78 is 92.7. The molecule has 9 rings (SSSR count). The summed E-state index contributed by atoms with van der Waals surface area (Å²) in [6.07, 6.45) is -4.20. The van der Waals surface area contributed by atoms with Gasteiger partial charge in [0.15, 0.2) is 11.5 Å². The second-order valence-corrected chi connectivity index (χ2v) is 21.3. The zero-order valence-electron chi connectivity index (χ0n) is 41.7. The lowest BCUT2D eigenvalue weighted by molar-refractivity contribution is -0.385. The summed E-state index contributed by atoms with van der Waals surface area (Å²) in [5, 5.41) is 25.8. The van der Waals surface area contributed by atoms with E-state index in [0.717, 1.165) is 35.4 Å². The average Bonchev–Trinajstić information content (AvgIpc) is 3.45. The Morgan fingerprint density at radius 2 is 0.731 bits per heavy atom. The van der Waals surface area contributed by atoms with Crippen LogP contribution in [0.5, 0.6) is 23.0 Å². The van der Waals surface area contributed by atoms with Crippen LogP contribution in [0.3, 0.4) is 0 Å². The summed E-state index contributed by atoms with van der Waals surface area (Å²) in [7, 11) is -9.45. The Labute approximate surface area is 447 Å². The molecule has 1 aliphatic rings. The third-order valence-corrected chi connectivity index (χ3v) is 15.0. The third kappa shape index (κ3) is 12.6. The summed E-state index contributed by atoms with van der Waals surface area (Å²) in [6, 6.07) is 42.4. The van der Waals surface area contributed by atoms with E-state index in [9.17, 15) is 46.7 Å². The SMILES string of the molecule is Cc1ccc(S(=O)(=O)Oc2c3cc([N+](=O)[O-])cc2Cc2cccc(c2OC(=O)OCc2ccccc2)Cc2cc([N+](=O)[O-])cc(c2OS(=O)(=O)c2ccc(C)cc2)Cc2cccc(c2OC(=O)OCc2ccccc2)C3)cc1. The first-order chi connectivity index (χ1) is 37.4. The highest BCUT2D eigenvalue weighted by atomic mass is 32.2. The molecule has 0 unspecified atom stereocenters. The topological polar surface area (TPSA) is 244 Å². The highest BCUT2D eigenvalue weighted by molar-refractivity contribution is 7.87. The Hall–Kier alpha value is -9.40. The van der Waals surface area contributed by atoms with Gasteiger partial charge in [-0.3, -0.25) is 20.2 Å². The molecule has 0 amide bonds. The molecule has 396 valence electrons. The Morgan fingerprint density at radius 1 is 0.423 bits per heavy atom. The van der Waals surface area contributed by atoms with Crippen molar-refractivity contribution in [2.45, 2.75) is 62.5 Å². The Kier molecular flexibility index (Phi) is 15.6. The zero-order chi connectivity index (χ0) is 55.1. The standard InChI is InChI=1S/C58H46N2O16S2/c1-37-19-23-51(24-20-37)77(67,68)75-55-45-27-41-15-9-17-43(53(41)73-57(61)71-35-39-11-5-3-6-12-39)29-47-33-50(60(65)66)34-48(56(47)76-78(69,70)52-25-21-38(2)22-26-52)30-44-18-10-16-42(28-46(55)32-49(31-45)59(63)64)54(44)74-58(62)72-36-40-13-7-4-8-14-40/h3-26,31-34H,27-30,35-36H2,1-2H3. The summed E-state index contributed by atoms with van der Waals surface area (Å²) >= 11 is 0. The maximum absolute atomic E-state index is 14.4. The van der Waals surface area contributed by atoms with Gasteiger partial charge in [0.05, 0.1) is 9.85 Å². The van der Waals surface area contributed by atoms with E-state index in [1.165, 1.54) is 60.7 Å². The van der Waals surface area contributed by atoms with Gasteiger partial charge in [0, 0.05) is 72.2 Å². The van der Waals surface area contributed by atoms with Gasteiger partial charge in [-0.1, -0.05) is 132 Å². The first kappa shape index (κ1) is 53.4. The number of nitrogens with zero attached hydrogens (tertiary/aromatic N) is 2. The van der Waals surface area contributed by atoms with Crippen molar-refractivity contribution in [3.63, 3.8) is 0 Å². The maximum atomic E-state index is 14.4. The fourth-order valence-corrected chi connectivity index (χ4v) is 10.7. The van der Waals surface area contributed by atoms with E-state index in [0.29, 0.717) is 11.1 Å². The van der Waals surface area contributed by atoms with E-state index >= 15 is 0 Å². The molecule has 20 heteroatoms. The second-order valence-electron chi connectivity index (χ2n) is 18.2. The molecule has 18 nitrogen and oxygen atoms in total. The first-order valence-electron chi connectivity index (χ1n) is 24.0. The van der Waals surface area contributed by atoms with Gasteiger partial charge in [-0.05, 0) is 71.5 Å². The molecular formula is C58H46N2O16S2. The van der Waals surface area contributed by atoms with E-state index < -0.39 is 79.5 Å². The molecular weight excluding hydrogens is 1040 g/mol. The normalized spacial score (nSPS) is 12.1. The number of carbonyl (C=O) groups is 2. The Balaban J connectivity index is 1.29.